The van der Waals surface area contributed by atoms with Gasteiger partial charge in [0, 0.05) is 37.3 Å². The van der Waals surface area contributed by atoms with Crippen molar-refractivity contribution in [1.29, 1.82) is 5.26 Å². The maximum Gasteiger partial charge on any atom is 0.254 e. The van der Waals surface area contributed by atoms with Gasteiger partial charge < -0.3 is 9.80 Å². The second-order valence-electron chi connectivity index (χ2n) is 6.26. The Kier molecular flexibility index (Phi) is 5.46. The highest BCUT2D eigenvalue weighted by molar-refractivity contribution is 5.95. The van der Waals surface area contributed by atoms with E-state index in [0.717, 1.165) is 12.1 Å². The minimum absolute atomic E-state index is 0.0791. The summed E-state index contributed by atoms with van der Waals surface area (Å²) in [5.74, 6) is -2.66. The van der Waals surface area contributed by atoms with Crippen LogP contribution in [0.25, 0.3) is 0 Å². The Balaban J connectivity index is 1.69. The molecule has 5 nitrogen and oxygen atoms in total. The van der Waals surface area contributed by atoms with E-state index >= 15 is 0 Å². The summed E-state index contributed by atoms with van der Waals surface area (Å²) in [4.78, 5) is 28.4. The fourth-order valence-corrected chi connectivity index (χ4v) is 3.04. The Morgan fingerprint density at radius 1 is 0.852 bits per heavy atom. The minimum Gasteiger partial charge on any atom is -0.337 e. The lowest BCUT2D eigenvalue weighted by Crippen LogP contribution is -2.37. The van der Waals surface area contributed by atoms with Crippen LogP contribution in [0.3, 0.4) is 0 Å². The van der Waals surface area contributed by atoms with Crippen molar-refractivity contribution in [1.82, 2.24) is 9.80 Å². The Bertz CT molecular complexity index is 924. The summed E-state index contributed by atoms with van der Waals surface area (Å²) in [5, 5.41) is 8.97. The number of hydrogen-bond acceptors (Lipinski definition) is 3. The largest absolute Gasteiger partial charge is 0.337 e. The van der Waals surface area contributed by atoms with E-state index in [1.165, 1.54) is 17.0 Å². The highest BCUT2D eigenvalue weighted by atomic mass is 19.2. The van der Waals surface area contributed by atoms with E-state index in [9.17, 15) is 18.4 Å². The average Bonchev–Trinajstić information content (AvgIpc) is 2.95. The third-order valence-corrected chi connectivity index (χ3v) is 4.48. The molecule has 1 aliphatic rings. The van der Waals surface area contributed by atoms with Crippen LogP contribution in [-0.4, -0.2) is 47.8 Å². The van der Waals surface area contributed by atoms with Crippen molar-refractivity contribution in [2.24, 2.45) is 0 Å². The first kappa shape index (κ1) is 18.5. The Morgan fingerprint density at radius 3 is 2.07 bits per heavy atom. The van der Waals surface area contributed by atoms with E-state index in [2.05, 4.69) is 0 Å². The van der Waals surface area contributed by atoms with E-state index in [-0.39, 0.29) is 11.5 Å². The molecule has 7 heteroatoms. The van der Waals surface area contributed by atoms with Crippen LogP contribution < -0.4 is 0 Å². The highest BCUT2D eigenvalue weighted by Crippen LogP contribution is 2.15. The van der Waals surface area contributed by atoms with Crippen molar-refractivity contribution >= 4 is 11.8 Å². The minimum atomic E-state index is -1.06. The van der Waals surface area contributed by atoms with Crippen LogP contribution >= 0.6 is 0 Å². The standard InChI is InChI=1S/C20H17F2N3O2/c21-17-6-5-16(12-18(17)22)20(27)25-8-2-7-24(9-10-25)19(26)15-4-1-3-14(11-15)13-23/h1,3-6,11-12H,2,7-10H2. The predicted octanol–water partition coefficient (Wildman–Crippen LogP) is 2.82. The third-order valence-electron chi connectivity index (χ3n) is 4.48. The van der Waals surface area contributed by atoms with Crippen LogP contribution in [0.5, 0.6) is 0 Å². The fourth-order valence-electron chi connectivity index (χ4n) is 3.04. The van der Waals surface area contributed by atoms with Crippen molar-refractivity contribution in [2.45, 2.75) is 6.42 Å². The smallest absolute Gasteiger partial charge is 0.254 e. The van der Waals surface area contributed by atoms with Gasteiger partial charge in [-0.15, -0.1) is 0 Å². The molecule has 1 heterocycles. The van der Waals surface area contributed by atoms with Gasteiger partial charge in [0.15, 0.2) is 11.6 Å². The summed E-state index contributed by atoms with van der Waals surface area (Å²) in [7, 11) is 0. The second kappa shape index (κ2) is 7.96. The van der Waals surface area contributed by atoms with Crippen LogP contribution in [0.15, 0.2) is 42.5 Å². The molecule has 27 heavy (non-hydrogen) atoms. The zero-order valence-electron chi connectivity index (χ0n) is 14.5. The number of benzene rings is 2. The van der Waals surface area contributed by atoms with E-state index in [1.807, 2.05) is 6.07 Å². The molecule has 1 saturated heterocycles. The Labute approximate surface area is 155 Å². The highest BCUT2D eigenvalue weighted by Gasteiger charge is 2.24. The molecule has 2 amide bonds. The van der Waals surface area contributed by atoms with Gasteiger partial charge in [-0.05, 0) is 42.8 Å². The maximum absolute atomic E-state index is 13.4. The second-order valence-corrected chi connectivity index (χ2v) is 6.26. The predicted molar refractivity (Wildman–Crippen MR) is 93.9 cm³/mol. The quantitative estimate of drug-likeness (QED) is 0.818. The summed E-state index contributed by atoms with van der Waals surface area (Å²) in [6.07, 6.45) is 0.569. The molecule has 2 aromatic rings. The molecular formula is C20H17F2N3O2. The molecule has 138 valence electrons. The van der Waals surface area contributed by atoms with Gasteiger partial charge in [0.05, 0.1) is 11.6 Å². The lowest BCUT2D eigenvalue weighted by Gasteiger charge is -2.22. The summed E-state index contributed by atoms with van der Waals surface area (Å²) >= 11 is 0. The van der Waals surface area contributed by atoms with Gasteiger partial charge >= 0.3 is 0 Å². The molecule has 0 spiro atoms. The van der Waals surface area contributed by atoms with Crippen LogP contribution in [0.4, 0.5) is 8.78 Å². The van der Waals surface area contributed by atoms with E-state index in [4.69, 9.17) is 5.26 Å². The van der Waals surface area contributed by atoms with Crippen LogP contribution in [0.1, 0.15) is 32.7 Å². The topological polar surface area (TPSA) is 64.4 Å². The van der Waals surface area contributed by atoms with Gasteiger partial charge in [0.1, 0.15) is 0 Å². The number of nitrogens with zero attached hydrogens (tertiary/aromatic N) is 3. The van der Waals surface area contributed by atoms with Crippen LogP contribution in [0.2, 0.25) is 0 Å². The number of halogens is 2. The normalized spacial score (nSPS) is 14.4. The van der Waals surface area contributed by atoms with E-state index in [1.54, 1.807) is 23.1 Å². The SMILES string of the molecule is N#Cc1cccc(C(=O)N2CCCN(C(=O)c3ccc(F)c(F)c3)CC2)c1. The average molecular weight is 369 g/mol. The molecule has 3 rings (SSSR count). The zero-order valence-corrected chi connectivity index (χ0v) is 14.5. The molecule has 1 aliphatic heterocycles. The summed E-state index contributed by atoms with van der Waals surface area (Å²) in [6.45, 7) is 1.50. The van der Waals surface area contributed by atoms with Crippen molar-refractivity contribution in [3.63, 3.8) is 0 Å². The molecule has 0 radical (unpaired) electrons. The number of nitriles is 1. The molecule has 0 saturated carbocycles. The Hall–Kier alpha value is -3.27. The molecule has 0 N–H and O–H groups in total. The van der Waals surface area contributed by atoms with Gasteiger partial charge in [0.2, 0.25) is 0 Å². The first-order valence-electron chi connectivity index (χ1n) is 8.53. The maximum atomic E-state index is 13.4. The molecule has 0 bridgehead atoms. The fraction of sp³-hybridized carbons (Fsp3) is 0.250. The summed E-state index contributed by atoms with van der Waals surface area (Å²) in [5.41, 5.74) is 0.913. The van der Waals surface area contributed by atoms with Crippen LogP contribution in [-0.2, 0) is 0 Å². The lowest BCUT2D eigenvalue weighted by molar-refractivity contribution is 0.0718. The molecule has 2 aromatic carbocycles. The summed E-state index contributed by atoms with van der Waals surface area (Å²) in [6, 6.07) is 11.5. The van der Waals surface area contributed by atoms with Crippen molar-refractivity contribution in [2.75, 3.05) is 26.2 Å². The van der Waals surface area contributed by atoms with E-state index < -0.39 is 17.5 Å². The Morgan fingerprint density at radius 2 is 1.48 bits per heavy atom. The summed E-state index contributed by atoms with van der Waals surface area (Å²) < 4.78 is 26.4. The third kappa shape index (κ3) is 4.11. The molecule has 0 aromatic heterocycles. The molecule has 0 unspecified atom stereocenters. The van der Waals surface area contributed by atoms with Gasteiger partial charge in [-0.3, -0.25) is 9.59 Å². The number of rotatable bonds is 2. The lowest BCUT2D eigenvalue weighted by atomic mass is 10.1. The first-order chi connectivity index (χ1) is 13.0. The van der Waals surface area contributed by atoms with Crippen molar-refractivity contribution < 1.29 is 18.4 Å². The van der Waals surface area contributed by atoms with E-state index in [0.29, 0.717) is 43.7 Å². The van der Waals surface area contributed by atoms with Gasteiger partial charge in [-0.2, -0.15) is 5.26 Å². The number of carbonyl (C=O) groups is 2. The van der Waals surface area contributed by atoms with Crippen molar-refractivity contribution in [3.05, 3.63) is 70.8 Å². The monoisotopic (exact) mass is 369 g/mol. The molecular weight excluding hydrogens is 352 g/mol. The molecule has 1 fully saturated rings. The number of carbonyl (C=O) groups excluding carboxylic acids is 2. The number of hydrogen-bond donors (Lipinski definition) is 0. The molecule has 0 aliphatic carbocycles. The van der Waals surface area contributed by atoms with Gasteiger partial charge in [0.25, 0.3) is 11.8 Å². The zero-order chi connectivity index (χ0) is 19.4. The van der Waals surface area contributed by atoms with Crippen LogP contribution in [0, 0.1) is 23.0 Å². The van der Waals surface area contributed by atoms with Gasteiger partial charge in [-0.1, -0.05) is 6.07 Å². The molecule has 0 atom stereocenters. The number of amides is 2. The first-order valence-corrected chi connectivity index (χ1v) is 8.53. The van der Waals surface area contributed by atoms with Crippen molar-refractivity contribution in [3.8, 4) is 6.07 Å². The van der Waals surface area contributed by atoms with Gasteiger partial charge in [-0.25, -0.2) is 8.78 Å².